The van der Waals surface area contributed by atoms with Crippen LogP contribution in [0.25, 0.3) is 10.2 Å². The molecule has 9 heteroatoms. The van der Waals surface area contributed by atoms with E-state index in [1.807, 2.05) is 6.07 Å². The highest BCUT2D eigenvalue weighted by atomic mass is 32.1. The number of amides is 2. The van der Waals surface area contributed by atoms with Crippen LogP contribution in [0.3, 0.4) is 0 Å². The Balaban J connectivity index is 1.43. The third-order valence-corrected chi connectivity index (χ3v) is 10.3. The fourth-order valence-corrected chi connectivity index (χ4v) is 7.42. The number of thiazole rings is 1. The van der Waals surface area contributed by atoms with Gasteiger partial charge >= 0.3 is 0 Å². The average Bonchev–Trinajstić information content (AvgIpc) is 3.41. The molecule has 1 aliphatic carbocycles. The molecule has 2 atom stereocenters. The molecule has 2 fully saturated rings. The van der Waals surface area contributed by atoms with Crippen LogP contribution >= 0.6 is 11.3 Å². The zero-order valence-electron chi connectivity index (χ0n) is 26.6. The van der Waals surface area contributed by atoms with Crippen LogP contribution in [0.4, 0.5) is 0 Å². The number of fused-ring (bicyclic) bond motifs is 1. The van der Waals surface area contributed by atoms with E-state index >= 15 is 0 Å². The van der Waals surface area contributed by atoms with Gasteiger partial charge in [-0.25, -0.2) is 4.98 Å². The molecule has 1 saturated heterocycles. The quantitative estimate of drug-likeness (QED) is 0.295. The molecule has 0 spiro atoms. The van der Waals surface area contributed by atoms with Crippen LogP contribution < -0.4 is 10.6 Å². The van der Waals surface area contributed by atoms with Crippen molar-refractivity contribution < 1.29 is 14.4 Å². The summed E-state index contributed by atoms with van der Waals surface area (Å²) in [6, 6.07) is 6.25. The summed E-state index contributed by atoms with van der Waals surface area (Å²) >= 11 is 1.60. The Hall–Kier alpha value is -2.62. The number of benzene rings is 1. The van der Waals surface area contributed by atoms with Gasteiger partial charge in [0.25, 0.3) is 0 Å². The molecule has 236 valence electrons. The first kappa shape index (κ1) is 33.3. The van der Waals surface area contributed by atoms with Gasteiger partial charge < -0.3 is 15.5 Å². The first-order chi connectivity index (χ1) is 20.6. The molecule has 1 aromatic carbocycles. The van der Waals surface area contributed by atoms with E-state index < -0.39 is 5.92 Å². The highest BCUT2D eigenvalue weighted by Crippen LogP contribution is 2.31. The summed E-state index contributed by atoms with van der Waals surface area (Å²) < 4.78 is 1.11. The number of nitrogens with zero attached hydrogens (tertiary/aromatic N) is 3. The Morgan fingerprint density at radius 1 is 1.09 bits per heavy atom. The van der Waals surface area contributed by atoms with Gasteiger partial charge in [-0.3, -0.25) is 19.3 Å². The van der Waals surface area contributed by atoms with E-state index in [4.69, 9.17) is 4.98 Å². The van der Waals surface area contributed by atoms with Gasteiger partial charge in [-0.15, -0.1) is 11.3 Å². The van der Waals surface area contributed by atoms with Crippen molar-refractivity contribution in [1.29, 1.82) is 0 Å². The average molecular weight is 610 g/mol. The van der Waals surface area contributed by atoms with Gasteiger partial charge in [-0.2, -0.15) is 0 Å². The standard InChI is InChI=1S/C34H51N5O3S/c1-23(2)26-11-12-29-31(19-26)43-33(36-29)21-27(20-32(41)35-4)34(42)37-28(25-9-7-6-8-10-25)13-14-30(40)24(3)22-39-17-15-38(5)16-18-39/h11-12,19,23,25,27-28H,3,6-10,13-18,20-22H2,1-2,4-5H3,(H,35,41)(H,37,42)/t27-,28+/m0/s1. The zero-order valence-corrected chi connectivity index (χ0v) is 27.4. The van der Waals surface area contributed by atoms with Crippen LogP contribution in [0, 0.1) is 11.8 Å². The van der Waals surface area contributed by atoms with E-state index in [1.54, 1.807) is 18.4 Å². The molecule has 2 aliphatic rings. The number of Topliss-reactive ketones (excluding diaryl/α,β-unsaturated/α-hetero) is 1. The van der Waals surface area contributed by atoms with Gasteiger partial charge in [0.1, 0.15) is 0 Å². The molecule has 2 heterocycles. The number of hydrogen-bond acceptors (Lipinski definition) is 7. The Morgan fingerprint density at radius 2 is 1.81 bits per heavy atom. The molecule has 1 saturated carbocycles. The summed E-state index contributed by atoms with van der Waals surface area (Å²) in [6.07, 6.45) is 7.11. The minimum absolute atomic E-state index is 0.0890. The van der Waals surface area contributed by atoms with E-state index in [2.05, 4.69) is 60.0 Å². The molecule has 1 aromatic heterocycles. The number of carbonyl (C=O) groups excluding carboxylic acids is 3. The monoisotopic (exact) mass is 609 g/mol. The van der Waals surface area contributed by atoms with E-state index in [1.165, 1.54) is 12.0 Å². The van der Waals surface area contributed by atoms with Gasteiger partial charge in [-0.05, 0) is 55.8 Å². The van der Waals surface area contributed by atoms with Crippen molar-refractivity contribution in [1.82, 2.24) is 25.4 Å². The third kappa shape index (κ3) is 9.68. The molecule has 1 aliphatic heterocycles. The fourth-order valence-electron chi connectivity index (χ4n) is 6.32. The second-order valence-corrected chi connectivity index (χ2v) is 14.0. The zero-order chi connectivity index (χ0) is 30.9. The van der Waals surface area contributed by atoms with Crippen LogP contribution in [0.5, 0.6) is 0 Å². The van der Waals surface area contributed by atoms with E-state index in [9.17, 15) is 14.4 Å². The second kappa shape index (κ2) is 15.9. The number of carbonyl (C=O) groups is 3. The van der Waals surface area contributed by atoms with Gasteiger partial charge in [0, 0.05) is 70.6 Å². The van der Waals surface area contributed by atoms with Crippen LogP contribution in [-0.4, -0.2) is 85.2 Å². The number of piperazine rings is 1. The van der Waals surface area contributed by atoms with Crippen LogP contribution in [0.2, 0.25) is 0 Å². The van der Waals surface area contributed by atoms with Crippen LogP contribution in [0.15, 0.2) is 30.4 Å². The Bertz CT molecular complexity index is 1260. The van der Waals surface area contributed by atoms with E-state index in [0.717, 1.165) is 67.1 Å². The smallest absolute Gasteiger partial charge is 0.224 e. The number of rotatable bonds is 14. The van der Waals surface area contributed by atoms with Crippen LogP contribution in [0.1, 0.15) is 81.7 Å². The lowest BCUT2D eigenvalue weighted by atomic mass is 9.81. The Labute approximate surface area is 261 Å². The topological polar surface area (TPSA) is 94.6 Å². The number of aromatic nitrogens is 1. The van der Waals surface area contributed by atoms with Crippen molar-refractivity contribution in [2.45, 2.75) is 83.6 Å². The Morgan fingerprint density at radius 3 is 2.49 bits per heavy atom. The predicted octanol–water partition coefficient (Wildman–Crippen LogP) is 4.93. The van der Waals surface area contributed by atoms with Crippen molar-refractivity contribution in [3.05, 3.63) is 40.9 Å². The minimum atomic E-state index is -0.529. The summed E-state index contributed by atoms with van der Waals surface area (Å²) in [5.74, 6) is 0.0476. The maximum Gasteiger partial charge on any atom is 0.224 e. The first-order valence-corrected chi connectivity index (χ1v) is 17.0. The molecule has 43 heavy (non-hydrogen) atoms. The fraction of sp³-hybridized carbons (Fsp3) is 0.647. The Kier molecular flexibility index (Phi) is 12.3. The molecular formula is C34H51N5O3S. The van der Waals surface area contributed by atoms with Gasteiger partial charge in [0.2, 0.25) is 11.8 Å². The third-order valence-electron chi connectivity index (χ3n) is 9.26. The van der Waals surface area contributed by atoms with Crippen molar-refractivity contribution in [3.8, 4) is 0 Å². The maximum absolute atomic E-state index is 13.9. The first-order valence-electron chi connectivity index (χ1n) is 16.1. The van der Waals surface area contributed by atoms with E-state index in [0.29, 0.717) is 43.2 Å². The minimum Gasteiger partial charge on any atom is -0.359 e. The van der Waals surface area contributed by atoms with Crippen molar-refractivity contribution in [2.24, 2.45) is 11.8 Å². The second-order valence-electron chi connectivity index (χ2n) is 12.9. The lowest BCUT2D eigenvalue weighted by Gasteiger charge is -2.33. The molecule has 0 bridgehead atoms. The lowest BCUT2D eigenvalue weighted by molar-refractivity contribution is -0.131. The molecule has 0 unspecified atom stereocenters. The molecule has 8 nitrogen and oxygen atoms in total. The molecular weight excluding hydrogens is 558 g/mol. The molecule has 0 radical (unpaired) electrons. The highest BCUT2D eigenvalue weighted by Gasteiger charge is 2.30. The lowest BCUT2D eigenvalue weighted by Crippen LogP contribution is -2.46. The molecule has 2 N–H and O–H groups in total. The summed E-state index contributed by atoms with van der Waals surface area (Å²) in [5.41, 5.74) is 2.85. The summed E-state index contributed by atoms with van der Waals surface area (Å²) in [4.78, 5) is 48.9. The molecule has 4 rings (SSSR count). The van der Waals surface area contributed by atoms with Gasteiger partial charge in [0.05, 0.1) is 21.1 Å². The van der Waals surface area contributed by atoms with Crippen molar-refractivity contribution >= 4 is 39.2 Å². The molecule has 2 aromatic rings. The van der Waals surface area contributed by atoms with Crippen LogP contribution in [-0.2, 0) is 20.8 Å². The number of likely N-dealkylation sites (N-methyl/N-ethyl adjacent to an activating group) is 1. The summed E-state index contributed by atoms with van der Waals surface area (Å²) in [5, 5.41) is 6.89. The number of nitrogens with one attached hydrogen (secondary N) is 2. The number of hydrogen-bond donors (Lipinski definition) is 2. The van der Waals surface area contributed by atoms with E-state index in [-0.39, 0.29) is 30.1 Å². The largest absolute Gasteiger partial charge is 0.359 e. The van der Waals surface area contributed by atoms with Crippen molar-refractivity contribution in [2.75, 3.05) is 46.8 Å². The van der Waals surface area contributed by atoms with Gasteiger partial charge in [0.15, 0.2) is 5.78 Å². The number of ketones is 1. The maximum atomic E-state index is 13.9. The highest BCUT2D eigenvalue weighted by molar-refractivity contribution is 7.18. The summed E-state index contributed by atoms with van der Waals surface area (Å²) in [6.45, 7) is 13.0. The molecule has 2 amide bonds. The normalized spacial score (nSPS) is 18.4. The predicted molar refractivity (Wildman–Crippen MR) is 175 cm³/mol. The van der Waals surface area contributed by atoms with Gasteiger partial charge in [-0.1, -0.05) is 45.8 Å². The SMILES string of the molecule is C=C(CN1CCN(C)CC1)C(=O)CC[C@@H](NC(=O)[C@@H](CC(=O)NC)Cc1nc2ccc(C(C)C)cc2s1)C1CCCCC1. The summed E-state index contributed by atoms with van der Waals surface area (Å²) in [7, 11) is 3.73. The van der Waals surface area contributed by atoms with Crippen molar-refractivity contribution in [3.63, 3.8) is 0 Å².